The van der Waals surface area contributed by atoms with Gasteiger partial charge in [-0.05, 0) is 25.0 Å². The Balaban J connectivity index is 1.78. The fourth-order valence-corrected chi connectivity index (χ4v) is 3.79. The molecule has 2 aromatic rings. The van der Waals surface area contributed by atoms with Crippen LogP contribution >= 0.6 is 11.8 Å². The smallest absolute Gasteiger partial charge is 0.190 e. The molecule has 0 saturated heterocycles. The van der Waals surface area contributed by atoms with E-state index in [0.29, 0.717) is 21.7 Å². The van der Waals surface area contributed by atoms with Crippen LogP contribution in [-0.4, -0.2) is 15.2 Å². The number of anilines is 1. The van der Waals surface area contributed by atoms with Crippen molar-refractivity contribution in [2.45, 2.75) is 42.7 Å². The maximum absolute atomic E-state index is 9.30. The molecule has 6 heteroatoms. The van der Waals surface area contributed by atoms with Gasteiger partial charge in [-0.2, -0.15) is 5.26 Å². The number of nitriles is 1. The first-order valence-electron chi connectivity index (χ1n) is 7.67. The van der Waals surface area contributed by atoms with Crippen molar-refractivity contribution in [3.05, 3.63) is 41.6 Å². The van der Waals surface area contributed by atoms with Crippen molar-refractivity contribution >= 4 is 17.6 Å². The first-order valence-corrected chi connectivity index (χ1v) is 8.55. The highest BCUT2D eigenvalue weighted by atomic mass is 32.2. The molecule has 0 atom stereocenters. The fraction of sp³-hybridized carbons (Fsp3) is 0.353. The average molecular weight is 326 g/mol. The number of nitrogen functional groups attached to an aromatic ring is 1. The Morgan fingerprint density at radius 1 is 1.22 bits per heavy atom. The molecule has 0 radical (unpaired) electrons. The molecule has 3 rings (SSSR count). The molecular formula is C17H18N4OS. The second-order valence-electron chi connectivity index (χ2n) is 5.45. The van der Waals surface area contributed by atoms with Crippen LogP contribution in [-0.2, 0) is 6.61 Å². The van der Waals surface area contributed by atoms with E-state index in [9.17, 15) is 5.26 Å². The van der Waals surface area contributed by atoms with Gasteiger partial charge in [-0.1, -0.05) is 42.8 Å². The van der Waals surface area contributed by atoms with Crippen molar-refractivity contribution in [2.24, 2.45) is 0 Å². The Bertz CT molecular complexity index is 709. The molecule has 0 aliphatic heterocycles. The third-order valence-corrected chi connectivity index (χ3v) is 4.99. The van der Waals surface area contributed by atoms with E-state index >= 15 is 0 Å². The Kier molecular flexibility index (Phi) is 4.99. The summed E-state index contributed by atoms with van der Waals surface area (Å²) in [6.45, 7) is 0.206. The van der Waals surface area contributed by atoms with Gasteiger partial charge in [-0.3, -0.25) is 0 Å². The lowest BCUT2D eigenvalue weighted by Crippen LogP contribution is -2.09. The van der Waals surface area contributed by atoms with E-state index in [4.69, 9.17) is 10.5 Å². The van der Waals surface area contributed by atoms with E-state index in [1.165, 1.54) is 25.7 Å². The molecule has 23 heavy (non-hydrogen) atoms. The predicted octanol–water partition coefficient (Wildman–Crippen LogP) is 3.54. The van der Waals surface area contributed by atoms with E-state index in [0.717, 1.165) is 5.75 Å². The maximum Gasteiger partial charge on any atom is 0.190 e. The molecule has 1 fully saturated rings. The summed E-state index contributed by atoms with van der Waals surface area (Å²) in [5.41, 5.74) is 6.78. The zero-order valence-electron chi connectivity index (χ0n) is 12.7. The van der Waals surface area contributed by atoms with Gasteiger partial charge in [0.1, 0.15) is 35.5 Å². The van der Waals surface area contributed by atoms with Crippen LogP contribution in [0, 0.1) is 11.3 Å². The lowest BCUT2D eigenvalue weighted by molar-refractivity contribution is 0.299. The maximum atomic E-state index is 9.30. The highest BCUT2D eigenvalue weighted by Crippen LogP contribution is 2.33. The van der Waals surface area contributed by atoms with E-state index in [1.807, 2.05) is 30.3 Å². The zero-order chi connectivity index (χ0) is 16.1. The van der Waals surface area contributed by atoms with Crippen LogP contribution in [0.15, 0.2) is 35.5 Å². The van der Waals surface area contributed by atoms with Crippen molar-refractivity contribution in [3.63, 3.8) is 0 Å². The van der Waals surface area contributed by atoms with Crippen LogP contribution in [0.25, 0.3) is 0 Å². The number of rotatable bonds is 5. The molecule has 2 N–H and O–H groups in total. The molecule has 1 saturated carbocycles. The van der Waals surface area contributed by atoms with Gasteiger partial charge in [-0.15, -0.1) is 0 Å². The minimum Gasteiger partial charge on any atom is -0.487 e. The summed E-state index contributed by atoms with van der Waals surface area (Å²) < 4.78 is 5.71. The van der Waals surface area contributed by atoms with Gasteiger partial charge in [0.05, 0.1) is 0 Å². The summed E-state index contributed by atoms with van der Waals surface area (Å²) in [5.74, 6) is 0.966. The minimum atomic E-state index is 0.206. The first kappa shape index (κ1) is 15.6. The fourth-order valence-electron chi connectivity index (χ4n) is 2.61. The third-order valence-electron chi connectivity index (χ3n) is 3.80. The number of nitrogens with zero attached hydrogens (tertiary/aromatic N) is 3. The van der Waals surface area contributed by atoms with Gasteiger partial charge >= 0.3 is 0 Å². The van der Waals surface area contributed by atoms with Crippen molar-refractivity contribution in [1.29, 1.82) is 5.26 Å². The van der Waals surface area contributed by atoms with Gasteiger partial charge in [0.25, 0.3) is 0 Å². The monoisotopic (exact) mass is 326 g/mol. The summed E-state index contributed by atoms with van der Waals surface area (Å²) in [6, 6.07) is 11.5. The molecule has 1 aliphatic carbocycles. The standard InChI is InChI=1S/C17H18N4OS/c18-10-14-15(11-22-12-6-2-1-3-7-12)20-17(21-16(14)19)23-13-8-4-5-9-13/h1-3,6-7,13H,4-5,8-9,11H2,(H2,19,20,21). The summed E-state index contributed by atoms with van der Waals surface area (Å²) in [6.07, 6.45) is 4.88. The Morgan fingerprint density at radius 2 is 1.96 bits per heavy atom. The topological polar surface area (TPSA) is 84.8 Å². The van der Waals surface area contributed by atoms with E-state index in [2.05, 4.69) is 16.0 Å². The Morgan fingerprint density at radius 3 is 2.65 bits per heavy atom. The largest absolute Gasteiger partial charge is 0.487 e. The molecule has 0 unspecified atom stereocenters. The SMILES string of the molecule is N#Cc1c(N)nc(SC2CCCC2)nc1COc1ccccc1. The third kappa shape index (κ3) is 3.93. The first-order chi connectivity index (χ1) is 11.3. The van der Waals surface area contributed by atoms with Gasteiger partial charge in [-0.25, -0.2) is 9.97 Å². The van der Waals surface area contributed by atoms with Crippen molar-refractivity contribution in [1.82, 2.24) is 9.97 Å². The van der Waals surface area contributed by atoms with Gasteiger partial charge < -0.3 is 10.5 Å². The number of benzene rings is 1. The summed E-state index contributed by atoms with van der Waals surface area (Å²) in [5, 5.41) is 10.5. The van der Waals surface area contributed by atoms with Crippen LogP contribution in [0.3, 0.4) is 0 Å². The highest BCUT2D eigenvalue weighted by Gasteiger charge is 2.20. The predicted molar refractivity (Wildman–Crippen MR) is 90.0 cm³/mol. The molecule has 0 bridgehead atoms. The van der Waals surface area contributed by atoms with Crippen molar-refractivity contribution in [3.8, 4) is 11.8 Å². The molecule has 0 spiro atoms. The molecule has 1 aliphatic rings. The van der Waals surface area contributed by atoms with Gasteiger partial charge in [0.2, 0.25) is 0 Å². The molecule has 1 heterocycles. The second kappa shape index (κ2) is 7.34. The molecule has 0 amide bonds. The number of para-hydroxylation sites is 1. The van der Waals surface area contributed by atoms with Crippen molar-refractivity contribution < 1.29 is 4.74 Å². The minimum absolute atomic E-state index is 0.206. The zero-order valence-corrected chi connectivity index (χ0v) is 13.6. The van der Waals surface area contributed by atoms with Crippen molar-refractivity contribution in [2.75, 3.05) is 5.73 Å². The molecule has 5 nitrogen and oxygen atoms in total. The number of nitrogens with two attached hydrogens (primary N) is 1. The lowest BCUT2D eigenvalue weighted by Gasteiger charge is -2.12. The van der Waals surface area contributed by atoms with Crippen LogP contribution in [0.2, 0.25) is 0 Å². The normalized spacial score (nSPS) is 14.6. The van der Waals surface area contributed by atoms with Crippen LogP contribution < -0.4 is 10.5 Å². The Hall–Kier alpha value is -2.26. The number of ether oxygens (including phenoxy) is 1. The second-order valence-corrected chi connectivity index (χ2v) is 6.72. The molecule has 1 aromatic carbocycles. The van der Waals surface area contributed by atoms with E-state index < -0.39 is 0 Å². The number of aromatic nitrogens is 2. The van der Waals surface area contributed by atoms with Crippen LogP contribution in [0.5, 0.6) is 5.75 Å². The van der Waals surface area contributed by atoms with Gasteiger partial charge in [0, 0.05) is 5.25 Å². The summed E-state index contributed by atoms with van der Waals surface area (Å²) in [4.78, 5) is 8.78. The van der Waals surface area contributed by atoms with Crippen LogP contribution in [0.1, 0.15) is 36.9 Å². The van der Waals surface area contributed by atoms with E-state index in [-0.39, 0.29) is 12.4 Å². The number of hydrogen-bond acceptors (Lipinski definition) is 6. The van der Waals surface area contributed by atoms with Crippen LogP contribution in [0.4, 0.5) is 5.82 Å². The molecular weight excluding hydrogens is 308 g/mol. The quantitative estimate of drug-likeness (QED) is 0.846. The Labute approximate surface area is 139 Å². The summed E-state index contributed by atoms with van der Waals surface area (Å²) >= 11 is 1.65. The van der Waals surface area contributed by atoms with E-state index in [1.54, 1.807) is 11.8 Å². The number of thioether (sulfide) groups is 1. The van der Waals surface area contributed by atoms with Gasteiger partial charge in [0.15, 0.2) is 5.16 Å². The average Bonchev–Trinajstić information content (AvgIpc) is 3.06. The number of hydrogen-bond donors (Lipinski definition) is 1. The summed E-state index contributed by atoms with van der Waals surface area (Å²) in [7, 11) is 0. The molecule has 1 aromatic heterocycles. The lowest BCUT2D eigenvalue weighted by atomic mass is 10.2. The highest BCUT2D eigenvalue weighted by molar-refractivity contribution is 7.99. The molecule has 118 valence electrons.